The molecular weight excluding hydrogens is 499 g/mol. The standard InChI is InChI=1S/C30H39FN4O4/c1-28(37)8-3-11-34(18-28)26-23-17-39-30(10-2-5-20-6-7-22(36)13-24(20)30)15-25(23)32-27(33-26)38-19-29-9-4-12-35(29)16-21(31)14-29/h6-7,13,21,36-37H,2-5,8-12,14-19H2,1H3/t21?,28-,29+,30?/m1/s1. The van der Waals surface area contributed by atoms with Crippen molar-refractivity contribution < 1.29 is 24.1 Å². The minimum Gasteiger partial charge on any atom is -0.508 e. The van der Waals surface area contributed by atoms with E-state index in [0.717, 1.165) is 80.7 Å². The average Bonchev–Trinajstić information content (AvgIpc) is 3.42. The molecule has 0 saturated carbocycles. The number of nitrogens with zero attached hydrogens (tertiary/aromatic N) is 4. The monoisotopic (exact) mass is 538 g/mol. The van der Waals surface area contributed by atoms with Gasteiger partial charge >= 0.3 is 6.01 Å². The van der Waals surface area contributed by atoms with Crippen molar-refractivity contribution in [3.63, 3.8) is 0 Å². The van der Waals surface area contributed by atoms with E-state index in [1.165, 1.54) is 5.56 Å². The Morgan fingerprint density at radius 2 is 2.03 bits per heavy atom. The fraction of sp³-hybridized carbons (Fsp3) is 0.667. The van der Waals surface area contributed by atoms with Crippen LogP contribution in [0, 0.1) is 0 Å². The fourth-order valence-corrected chi connectivity index (χ4v) is 7.93. The number of piperidine rings is 1. The lowest BCUT2D eigenvalue weighted by Crippen LogP contribution is -2.47. The number of aromatic nitrogens is 2. The van der Waals surface area contributed by atoms with Crippen LogP contribution < -0.4 is 9.64 Å². The Kier molecular flexibility index (Phi) is 6.06. The fourth-order valence-electron chi connectivity index (χ4n) is 7.93. The summed E-state index contributed by atoms with van der Waals surface area (Å²) in [5.74, 6) is 1.02. The highest BCUT2D eigenvalue weighted by atomic mass is 19.1. The molecule has 210 valence electrons. The number of hydrogen-bond donors (Lipinski definition) is 2. The van der Waals surface area contributed by atoms with Gasteiger partial charge in [0.05, 0.1) is 29.0 Å². The van der Waals surface area contributed by atoms with Gasteiger partial charge in [-0.25, -0.2) is 4.39 Å². The third-order valence-corrected chi connectivity index (χ3v) is 9.81. The Hall–Kier alpha value is -2.49. The lowest BCUT2D eigenvalue weighted by molar-refractivity contribution is -0.0857. The Morgan fingerprint density at radius 1 is 1.15 bits per heavy atom. The molecule has 0 bridgehead atoms. The van der Waals surface area contributed by atoms with Crippen molar-refractivity contribution in [1.29, 1.82) is 0 Å². The number of ether oxygens (including phenoxy) is 2. The largest absolute Gasteiger partial charge is 0.508 e. The Labute approximate surface area is 229 Å². The molecule has 0 radical (unpaired) electrons. The van der Waals surface area contributed by atoms with Crippen LogP contribution >= 0.6 is 0 Å². The molecule has 3 saturated heterocycles. The van der Waals surface area contributed by atoms with Crippen molar-refractivity contribution in [2.24, 2.45) is 0 Å². The molecule has 1 aromatic heterocycles. The van der Waals surface area contributed by atoms with Crippen LogP contribution in [0.25, 0.3) is 0 Å². The van der Waals surface area contributed by atoms with Crippen molar-refractivity contribution in [2.75, 3.05) is 37.7 Å². The number of aryl methyl sites for hydroxylation is 1. The number of benzene rings is 1. The summed E-state index contributed by atoms with van der Waals surface area (Å²) in [4.78, 5) is 14.3. The first kappa shape index (κ1) is 25.5. The summed E-state index contributed by atoms with van der Waals surface area (Å²) in [7, 11) is 0. The smallest absolute Gasteiger partial charge is 0.318 e. The van der Waals surface area contributed by atoms with Crippen LogP contribution in [0.1, 0.15) is 74.3 Å². The van der Waals surface area contributed by atoms with Gasteiger partial charge in [-0.3, -0.25) is 4.90 Å². The van der Waals surface area contributed by atoms with Gasteiger partial charge in [-0.15, -0.1) is 0 Å². The van der Waals surface area contributed by atoms with Crippen molar-refractivity contribution in [3.8, 4) is 11.8 Å². The second-order valence-corrected chi connectivity index (χ2v) is 12.8. The maximum absolute atomic E-state index is 14.4. The summed E-state index contributed by atoms with van der Waals surface area (Å²) in [6, 6.07) is 5.93. The van der Waals surface area contributed by atoms with Gasteiger partial charge in [0.15, 0.2) is 0 Å². The van der Waals surface area contributed by atoms with Crippen molar-refractivity contribution in [1.82, 2.24) is 14.9 Å². The number of phenols is 1. The molecule has 2 unspecified atom stereocenters. The summed E-state index contributed by atoms with van der Waals surface area (Å²) in [6.45, 7) is 5.29. The summed E-state index contributed by atoms with van der Waals surface area (Å²) in [6.07, 6.45) is 6.68. The van der Waals surface area contributed by atoms with Crippen molar-refractivity contribution in [3.05, 3.63) is 40.6 Å². The third kappa shape index (κ3) is 4.46. The number of β-amino-alcohol motifs (C(OH)–C–C–N with tert-alkyl or cyclic N) is 1. The van der Waals surface area contributed by atoms with Gasteiger partial charge in [0.25, 0.3) is 0 Å². The second kappa shape index (κ2) is 9.28. The molecule has 1 spiro atoms. The highest BCUT2D eigenvalue weighted by molar-refractivity contribution is 5.53. The molecule has 4 atom stereocenters. The number of phenolic OH excluding ortho intramolecular Hbond substituents is 1. The van der Waals surface area contributed by atoms with Crippen LogP contribution in [0.15, 0.2) is 18.2 Å². The quantitative estimate of drug-likeness (QED) is 0.608. The molecule has 1 aromatic carbocycles. The second-order valence-electron chi connectivity index (χ2n) is 12.8. The van der Waals surface area contributed by atoms with Crippen LogP contribution in [0.2, 0.25) is 0 Å². The van der Waals surface area contributed by atoms with Gasteiger partial charge in [0, 0.05) is 38.0 Å². The van der Waals surface area contributed by atoms with E-state index >= 15 is 0 Å². The van der Waals surface area contributed by atoms with E-state index in [9.17, 15) is 14.6 Å². The van der Waals surface area contributed by atoms with E-state index < -0.39 is 17.4 Å². The average molecular weight is 539 g/mol. The topological polar surface area (TPSA) is 91.2 Å². The molecule has 3 fully saturated rings. The lowest BCUT2D eigenvalue weighted by atomic mass is 9.74. The molecule has 0 amide bonds. The number of rotatable bonds is 4. The first-order chi connectivity index (χ1) is 18.7. The third-order valence-electron chi connectivity index (χ3n) is 9.81. The number of fused-ring (bicyclic) bond motifs is 4. The highest BCUT2D eigenvalue weighted by Gasteiger charge is 2.50. The van der Waals surface area contributed by atoms with Crippen molar-refractivity contribution in [2.45, 2.75) is 94.2 Å². The van der Waals surface area contributed by atoms with Crippen LogP contribution in [0.5, 0.6) is 11.8 Å². The Bertz CT molecular complexity index is 1270. The summed E-state index contributed by atoms with van der Waals surface area (Å²) in [5.41, 5.74) is 2.48. The molecule has 2 aromatic rings. The summed E-state index contributed by atoms with van der Waals surface area (Å²) >= 11 is 0. The zero-order chi connectivity index (χ0) is 26.8. The molecule has 5 heterocycles. The van der Waals surface area contributed by atoms with Crippen LogP contribution in [0.3, 0.4) is 0 Å². The number of aromatic hydroxyl groups is 1. The van der Waals surface area contributed by atoms with E-state index in [4.69, 9.17) is 19.4 Å². The zero-order valence-electron chi connectivity index (χ0n) is 22.8. The molecule has 7 rings (SSSR count). The minimum atomic E-state index is -0.815. The van der Waals surface area contributed by atoms with Gasteiger partial charge in [-0.05, 0) is 81.7 Å². The maximum Gasteiger partial charge on any atom is 0.318 e. The van der Waals surface area contributed by atoms with E-state index in [1.54, 1.807) is 6.07 Å². The molecule has 39 heavy (non-hydrogen) atoms. The molecule has 2 N–H and O–H groups in total. The van der Waals surface area contributed by atoms with Gasteiger partial charge in [0.1, 0.15) is 24.3 Å². The Balaban J connectivity index is 1.25. The lowest BCUT2D eigenvalue weighted by Gasteiger charge is -2.44. The normalized spacial score (nSPS) is 34.1. The highest BCUT2D eigenvalue weighted by Crippen LogP contribution is 2.47. The van der Waals surface area contributed by atoms with Crippen molar-refractivity contribution >= 4 is 5.82 Å². The predicted molar refractivity (Wildman–Crippen MR) is 144 cm³/mol. The SMILES string of the molecule is C[C@@]1(O)CCCN(c2nc(OC[C@@]34CCCN3CC(F)C4)nc3c2COC2(CCCc4ccc(O)cc42)C3)C1. The molecule has 8 nitrogen and oxygen atoms in total. The number of anilines is 1. The van der Waals surface area contributed by atoms with Gasteiger partial charge in [-0.1, -0.05) is 6.07 Å². The number of halogens is 1. The number of aliphatic hydroxyl groups is 1. The summed E-state index contributed by atoms with van der Waals surface area (Å²) < 4.78 is 27.4. The van der Waals surface area contributed by atoms with E-state index in [1.807, 2.05) is 19.1 Å². The molecule has 5 aliphatic rings. The molecule has 4 aliphatic heterocycles. The van der Waals surface area contributed by atoms with E-state index in [2.05, 4.69) is 9.80 Å². The molecule has 1 aliphatic carbocycles. The number of hydrogen-bond acceptors (Lipinski definition) is 8. The van der Waals surface area contributed by atoms with Crippen LogP contribution in [-0.2, 0) is 29.8 Å². The van der Waals surface area contributed by atoms with Crippen LogP contribution in [0.4, 0.5) is 10.2 Å². The van der Waals surface area contributed by atoms with E-state index in [-0.39, 0.29) is 11.3 Å². The zero-order valence-corrected chi connectivity index (χ0v) is 22.8. The van der Waals surface area contributed by atoms with Gasteiger partial charge in [0.2, 0.25) is 0 Å². The maximum atomic E-state index is 14.4. The first-order valence-electron chi connectivity index (χ1n) is 14.6. The summed E-state index contributed by atoms with van der Waals surface area (Å²) in [5, 5.41) is 21.2. The first-order valence-corrected chi connectivity index (χ1v) is 14.6. The van der Waals surface area contributed by atoms with Gasteiger partial charge < -0.3 is 24.6 Å². The van der Waals surface area contributed by atoms with Crippen LogP contribution in [-0.4, -0.2) is 75.2 Å². The Morgan fingerprint density at radius 3 is 2.90 bits per heavy atom. The van der Waals surface area contributed by atoms with E-state index in [0.29, 0.717) is 45.2 Å². The molecular formula is C30H39FN4O4. The molecule has 9 heteroatoms. The predicted octanol–water partition coefficient (Wildman–Crippen LogP) is 3.79. The van der Waals surface area contributed by atoms with Gasteiger partial charge in [-0.2, -0.15) is 9.97 Å². The minimum absolute atomic E-state index is 0.246. The number of alkyl halides is 1.